The first-order valence-electron chi connectivity index (χ1n) is 7.10. The van der Waals surface area contributed by atoms with Crippen molar-refractivity contribution in [3.8, 4) is 16.9 Å². The molecule has 0 saturated heterocycles. The number of amides is 1. The molecule has 2 aromatic rings. The SMILES string of the molecule is COc1ccc(-c2cc(C(=O)N(C)C(C)CO)sc2C)cc1. The van der Waals surface area contributed by atoms with Gasteiger partial charge in [0.1, 0.15) is 5.75 Å². The first-order valence-corrected chi connectivity index (χ1v) is 7.92. The van der Waals surface area contributed by atoms with Crippen molar-refractivity contribution in [2.75, 3.05) is 20.8 Å². The molecule has 0 bridgehead atoms. The second-order valence-electron chi connectivity index (χ2n) is 5.26. The van der Waals surface area contributed by atoms with Crippen LogP contribution in [0.1, 0.15) is 21.5 Å². The zero-order valence-corrected chi connectivity index (χ0v) is 14.1. The van der Waals surface area contributed by atoms with Gasteiger partial charge in [-0.1, -0.05) is 12.1 Å². The van der Waals surface area contributed by atoms with Gasteiger partial charge >= 0.3 is 0 Å². The maximum atomic E-state index is 12.4. The number of aryl methyl sites for hydroxylation is 1. The first-order chi connectivity index (χ1) is 10.5. The lowest BCUT2D eigenvalue weighted by atomic mass is 10.1. The topological polar surface area (TPSA) is 49.8 Å². The summed E-state index contributed by atoms with van der Waals surface area (Å²) in [5.74, 6) is 0.749. The van der Waals surface area contributed by atoms with Gasteiger partial charge in [-0.3, -0.25) is 4.79 Å². The Hall–Kier alpha value is -1.85. The van der Waals surface area contributed by atoms with Crippen molar-refractivity contribution < 1.29 is 14.6 Å². The lowest BCUT2D eigenvalue weighted by molar-refractivity contribution is 0.0687. The molecule has 1 heterocycles. The number of thiophene rings is 1. The number of carbonyl (C=O) groups excluding carboxylic acids is 1. The average Bonchev–Trinajstić information content (AvgIpc) is 2.94. The minimum absolute atomic E-state index is 0.0437. The maximum absolute atomic E-state index is 12.4. The Morgan fingerprint density at radius 3 is 2.55 bits per heavy atom. The van der Waals surface area contributed by atoms with E-state index in [1.54, 1.807) is 19.1 Å². The number of hydrogen-bond acceptors (Lipinski definition) is 4. The Morgan fingerprint density at radius 2 is 2.00 bits per heavy atom. The van der Waals surface area contributed by atoms with Crippen molar-refractivity contribution in [2.45, 2.75) is 19.9 Å². The Kier molecular flexibility index (Phi) is 5.21. The molecule has 0 aliphatic carbocycles. The summed E-state index contributed by atoms with van der Waals surface area (Å²) in [4.78, 5) is 15.8. The van der Waals surface area contributed by atoms with Crippen LogP contribution < -0.4 is 4.74 Å². The summed E-state index contributed by atoms with van der Waals surface area (Å²) in [6.45, 7) is 3.79. The van der Waals surface area contributed by atoms with Crippen LogP contribution in [0.3, 0.4) is 0 Å². The van der Waals surface area contributed by atoms with Crippen molar-refractivity contribution in [1.82, 2.24) is 4.90 Å². The molecule has 22 heavy (non-hydrogen) atoms. The van der Waals surface area contributed by atoms with Gasteiger partial charge in [0.25, 0.3) is 5.91 Å². The van der Waals surface area contributed by atoms with Crippen LogP contribution in [-0.4, -0.2) is 42.7 Å². The summed E-state index contributed by atoms with van der Waals surface area (Å²) in [7, 11) is 3.35. The highest BCUT2D eigenvalue weighted by atomic mass is 32.1. The predicted molar refractivity (Wildman–Crippen MR) is 89.7 cm³/mol. The molecule has 0 aliphatic rings. The van der Waals surface area contributed by atoms with Gasteiger partial charge in [-0.2, -0.15) is 0 Å². The third-order valence-electron chi connectivity index (χ3n) is 3.78. The maximum Gasteiger partial charge on any atom is 0.264 e. The largest absolute Gasteiger partial charge is 0.497 e. The van der Waals surface area contributed by atoms with E-state index in [0.29, 0.717) is 4.88 Å². The summed E-state index contributed by atoms with van der Waals surface area (Å²) in [5.41, 5.74) is 2.12. The Bertz CT molecular complexity index is 648. The quantitative estimate of drug-likeness (QED) is 0.921. The molecule has 4 nitrogen and oxygen atoms in total. The number of ether oxygens (including phenoxy) is 1. The first kappa shape index (κ1) is 16.5. The number of nitrogens with zero attached hydrogens (tertiary/aromatic N) is 1. The van der Waals surface area contributed by atoms with Gasteiger partial charge in [0.2, 0.25) is 0 Å². The van der Waals surface area contributed by atoms with E-state index >= 15 is 0 Å². The molecule has 0 aliphatic heterocycles. The zero-order chi connectivity index (χ0) is 16.3. The van der Waals surface area contributed by atoms with Gasteiger partial charge in [0.15, 0.2) is 0 Å². The van der Waals surface area contributed by atoms with Crippen molar-refractivity contribution in [3.63, 3.8) is 0 Å². The molecule has 1 aromatic heterocycles. The fourth-order valence-corrected chi connectivity index (χ4v) is 3.17. The van der Waals surface area contributed by atoms with E-state index in [9.17, 15) is 9.90 Å². The highest BCUT2D eigenvalue weighted by molar-refractivity contribution is 7.14. The van der Waals surface area contributed by atoms with Crippen LogP contribution in [0.2, 0.25) is 0 Å². The van der Waals surface area contributed by atoms with Gasteiger partial charge in [0.05, 0.1) is 24.6 Å². The van der Waals surface area contributed by atoms with Crippen molar-refractivity contribution in [1.29, 1.82) is 0 Å². The van der Waals surface area contributed by atoms with E-state index in [2.05, 4.69) is 0 Å². The number of methoxy groups -OCH3 is 1. The summed E-state index contributed by atoms with van der Waals surface area (Å²) >= 11 is 1.48. The third kappa shape index (κ3) is 3.31. The minimum Gasteiger partial charge on any atom is -0.497 e. The van der Waals surface area contributed by atoms with E-state index in [1.165, 1.54) is 11.3 Å². The van der Waals surface area contributed by atoms with Gasteiger partial charge in [0, 0.05) is 11.9 Å². The van der Waals surface area contributed by atoms with Crippen molar-refractivity contribution in [2.24, 2.45) is 0 Å². The predicted octanol–water partition coefficient (Wildman–Crippen LogP) is 3.18. The van der Waals surface area contributed by atoms with Crippen LogP contribution in [0, 0.1) is 6.92 Å². The second-order valence-corrected chi connectivity index (χ2v) is 6.51. The standard InChI is InChI=1S/C17H21NO3S/c1-11(10-19)18(3)17(20)16-9-15(12(2)22-16)13-5-7-14(21-4)8-6-13/h5-9,11,19H,10H2,1-4H3. The van der Waals surface area contributed by atoms with Gasteiger partial charge in [-0.05, 0) is 43.2 Å². The number of aliphatic hydroxyl groups is 1. The van der Waals surface area contributed by atoms with E-state index in [4.69, 9.17) is 4.74 Å². The van der Waals surface area contributed by atoms with Crippen LogP contribution in [0.5, 0.6) is 5.75 Å². The zero-order valence-electron chi connectivity index (χ0n) is 13.3. The third-order valence-corrected chi connectivity index (χ3v) is 4.81. The van der Waals surface area contributed by atoms with Crippen molar-refractivity contribution >= 4 is 17.2 Å². The fraction of sp³-hybridized carbons (Fsp3) is 0.353. The smallest absolute Gasteiger partial charge is 0.264 e. The number of benzene rings is 1. The average molecular weight is 319 g/mol. The highest BCUT2D eigenvalue weighted by Crippen LogP contribution is 2.32. The molecular formula is C17H21NO3S. The molecule has 1 N–H and O–H groups in total. The van der Waals surface area contributed by atoms with E-state index in [1.807, 2.05) is 44.2 Å². The number of likely N-dealkylation sites (N-methyl/N-ethyl adjacent to an activating group) is 1. The molecule has 0 fully saturated rings. The van der Waals surface area contributed by atoms with Gasteiger partial charge < -0.3 is 14.7 Å². The molecule has 118 valence electrons. The Balaban J connectivity index is 2.29. The highest BCUT2D eigenvalue weighted by Gasteiger charge is 2.20. The molecule has 0 radical (unpaired) electrons. The monoisotopic (exact) mass is 319 g/mol. The molecule has 1 amide bonds. The molecule has 1 atom stereocenters. The lowest BCUT2D eigenvalue weighted by Crippen LogP contribution is -2.36. The van der Waals surface area contributed by atoms with Crippen LogP contribution >= 0.6 is 11.3 Å². The molecule has 0 spiro atoms. The Morgan fingerprint density at radius 1 is 1.36 bits per heavy atom. The summed E-state index contributed by atoms with van der Waals surface area (Å²) in [6, 6.07) is 9.52. The van der Waals surface area contributed by atoms with Crippen molar-refractivity contribution in [3.05, 3.63) is 40.1 Å². The normalized spacial score (nSPS) is 12.0. The van der Waals surface area contributed by atoms with Gasteiger partial charge in [-0.15, -0.1) is 11.3 Å². The summed E-state index contributed by atoms with van der Waals surface area (Å²) < 4.78 is 5.17. The fourth-order valence-electron chi connectivity index (χ4n) is 2.14. The minimum atomic E-state index is -0.195. The van der Waals surface area contributed by atoms with E-state index in [0.717, 1.165) is 21.8 Å². The summed E-state index contributed by atoms with van der Waals surface area (Å²) in [5, 5.41) is 9.19. The molecule has 2 rings (SSSR count). The molecule has 5 heteroatoms. The number of hydrogen-bond donors (Lipinski definition) is 1. The van der Waals surface area contributed by atoms with E-state index < -0.39 is 0 Å². The molecular weight excluding hydrogens is 298 g/mol. The van der Waals surface area contributed by atoms with Crippen LogP contribution in [0.4, 0.5) is 0 Å². The second kappa shape index (κ2) is 6.94. The van der Waals surface area contributed by atoms with E-state index in [-0.39, 0.29) is 18.6 Å². The molecule has 0 saturated carbocycles. The van der Waals surface area contributed by atoms with Crippen LogP contribution in [0.25, 0.3) is 11.1 Å². The number of carbonyl (C=O) groups is 1. The lowest BCUT2D eigenvalue weighted by Gasteiger charge is -2.22. The van der Waals surface area contributed by atoms with Gasteiger partial charge in [-0.25, -0.2) is 0 Å². The Labute approximate surface area is 135 Å². The van der Waals surface area contributed by atoms with Crippen LogP contribution in [0.15, 0.2) is 30.3 Å². The number of aliphatic hydroxyl groups excluding tert-OH is 1. The van der Waals surface area contributed by atoms with Crippen LogP contribution in [-0.2, 0) is 0 Å². The molecule has 1 aromatic carbocycles. The number of rotatable bonds is 5. The summed E-state index contributed by atoms with van der Waals surface area (Å²) in [6.07, 6.45) is 0. The molecule has 1 unspecified atom stereocenters.